The first-order chi connectivity index (χ1) is 3.81. The van der Waals surface area contributed by atoms with E-state index in [9.17, 15) is 0 Å². The molecular formula is C3H5Br5Si. The summed E-state index contributed by atoms with van der Waals surface area (Å²) >= 11 is 17.4. The molecule has 0 saturated heterocycles. The minimum Gasteiger partial charge on any atom is -0.0903 e. The van der Waals surface area contributed by atoms with Crippen molar-refractivity contribution in [1.29, 1.82) is 0 Å². The third-order valence-electron chi connectivity index (χ3n) is 0.810. The van der Waals surface area contributed by atoms with Gasteiger partial charge in [-0.2, -0.15) is 0 Å². The maximum atomic E-state index is 3.51. The van der Waals surface area contributed by atoms with Crippen molar-refractivity contribution < 1.29 is 0 Å². The van der Waals surface area contributed by atoms with E-state index in [4.69, 9.17) is 0 Å². The van der Waals surface area contributed by atoms with E-state index in [1.807, 2.05) is 0 Å². The van der Waals surface area contributed by atoms with Gasteiger partial charge in [0.2, 0.25) is 0 Å². The second kappa shape index (κ2) is 4.03. The first-order valence-electron chi connectivity index (χ1n) is 2.13. The molecular weight excluding hydrogens is 464 g/mol. The summed E-state index contributed by atoms with van der Waals surface area (Å²) in [6.45, 7) is 0. The van der Waals surface area contributed by atoms with Crippen LogP contribution >= 0.6 is 79.6 Å². The van der Waals surface area contributed by atoms with Crippen molar-refractivity contribution in [3.05, 3.63) is 0 Å². The summed E-state index contributed by atoms with van der Waals surface area (Å²) in [5.74, 6) is 0. The summed E-state index contributed by atoms with van der Waals surface area (Å²) in [7, 11) is 1.01. The monoisotopic (exact) mass is 464 g/mol. The molecule has 0 saturated carbocycles. The van der Waals surface area contributed by atoms with Crippen LogP contribution in [0.25, 0.3) is 0 Å². The van der Waals surface area contributed by atoms with Gasteiger partial charge in [0, 0.05) is 15.6 Å². The fourth-order valence-corrected chi connectivity index (χ4v) is 2.41. The summed E-state index contributed by atoms with van der Waals surface area (Å²) in [6.07, 6.45) is 0. The fourth-order valence-electron chi connectivity index (χ4n) is 0.117. The van der Waals surface area contributed by atoms with Gasteiger partial charge in [0.1, 0.15) is 3.23 Å². The summed E-state index contributed by atoms with van der Waals surface area (Å²) in [6, 6.07) is 0. The first kappa shape index (κ1) is 11.6. The van der Waals surface area contributed by atoms with E-state index in [-0.39, 0.29) is 6.09 Å². The Labute approximate surface area is 100.0 Å². The molecule has 0 rings (SSSR count). The molecule has 0 aromatic carbocycles. The minimum absolute atomic E-state index is 0.00347. The Morgan fingerprint density at radius 1 is 1.11 bits per heavy atom. The van der Waals surface area contributed by atoms with Crippen LogP contribution in [0.15, 0.2) is 0 Å². The van der Waals surface area contributed by atoms with Gasteiger partial charge in [0.15, 0.2) is 0 Å². The Bertz CT molecular complexity index is 94.9. The lowest BCUT2D eigenvalue weighted by Crippen LogP contribution is -2.35. The Morgan fingerprint density at radius 2 is 1.44 bits per heavy atom. The number of rotatable bonds is 2. The van der Waals surface area contributed by atoms with Crippen molar-refractivity contribution in [2.24, 2.45) is 0 Å². The molecule has 0 spiro atoms. The van der Waals surface area contributed by atoms with Crippen LogP contribution in [0.5, 0.6) is 0 Å². The predicted octanol–water partition coefficient (Wildman–Crippen LogP) is 2.68. The van der Waals surface area contributed by atoms with E-state index < -0.39 is 0 Å². The molecule has 0 aromatic rings. The summed E-state index contributed by atoms with van der Waals surface area (Å²) in [5, 5.41) is 0.847. The number of alkyl halides is 5. The number of hydrogen-bond donors (Lipinski definition) is 0. The quantitative estimate of drug-likeness (QED) is 0.432. The topological polar surface area (TPSA) is 0 Å². The van der Waals surface area contributed by atoms with Gasteiger partial charge < -0.3 is 0 Å². The molecule has 0 radical (unpaired) electrons. The summed E-state index contributed by atoms with van der Waals surface area (Å²) < 4.78 is -0.0876. The number of halogens is 5. The van der Waals surface area contributed by atoms with Crippen molar-refractivity contribution in [3.8, 4) is 0 Å². The van der Waals surface area contributed by atoms with Crippen LogP contribution in [-0.2, 0) is 0 Å². The Balaban J connectivity index is 4.14. The van der Waals surface area contributed by atoms with Crippen LogP contribution in [0.3, 0.4) is 0 Å². The summed E-state index contributed by atoms with van der Waals surface area (Å²) in [5.41, 5.74) is 0. The van der Waals surface area contributed by atoms with E-state index in [1.54, 1.807) is 0 Å². The van der Waals surface area contributed by atoms with Crippen molar-refractivity contribution in [2.75, 3.05) is 5.33 Å². The highest BCUT2D eigenvalue weighted by molar-refractivity contribution is 9.31. The molecule has 0 fully saturated rings. The van der Waals surface area contributed by atoms with E-state index >= 15 is 0 Å². The molecule has 6 heteroatoms. The average molecular weight is 469 g/mol. The molecule has 0 nitrogen and oxygen atoms in total. The van der Waals surface area contributed by atoms with Gasteiger partial charge in [0.25, 0.3) is 0 Å². The van der Waals surface area contributed by atoms with Crippen molar-refractivity contribution >= 4 is 89.9 Å². The van der Waals surface area contributed by atoms with Crippen LogP contribution in [0.1, 0.15) is 0 Å². The van der Waals surface area contributed by atoms with Gasteiger partial charge in [0.05, 0.1) is 2.86 Å². The minimum atomic E-state index is -0.0841. The van der Waals surface area contributed by atoms with Crippen molar-refractivity contribution in [1.82, 2.24) is 0 Å². The second-order valence-electron chi connectivity index (χ2n) is 1.73. The summed E-state index contributed by atoms with van der Waals surface area (Å²) in [4.78, 5) is 0. The highest BCUT2D eigenvalue weighted by atomic mass is 79.9. The van der Waals surface area contributed by atoms with Gasteiger partial charge in [-0.05, 0) is 0 Å². The normalized spacial score (nSPS) is 14.3. The molecule has 0 amide bonds. The maximum Gasteiger partial charge on any atom is 0.111 e. The van der Waals surface area contributed by atoms with Crippen molar-refractivity contribution in [2.45, 2.75) is 6.09 Å². The highest BCUT2D eigenvalue weighted by Crippen LogP contribution is 2.46. The molecule has 0 N–H and O–H groups in total. The van der Waals surface area contributed by atoms with Crippen molar-refractivity contribution in [3.63, 3.8) is 0 Å². The molecule has 0 aliphatic rings. The third kappa shape index (κ3) is 3.69. The fraction of sp³-hybridized carbons (Fsp3) is 1.00. The zero-order valence-electron chi connectivity index (χ0n) is 4.60. The smallest absolute Gasteiger partial charge is 0.0903 e. The van der Waals surface area contributed by atoms with Crippen LogP contribution < -0.4 is 0 Å². The zero-order valence-corrected chi connectivity index (χ0v) is 14.5. The average Bonchev–Trinajstić information content (AvgIpc) is 1.64. The number of hydrogen-bond acceptors (Lipinski definition) is 0. The molecule has 0 aliphatic carbocycles. The zero-order chi connectivity index (χ0) is 7.71. The largest absolute Gasteiger partial charge is 0.111 e. The van der Waals surface area contributed by atoms with Gasteiger partial charge in [-0.3, -0.25) is 0 Å². The standard InChI is InChI=1S/C3H5Br5Si/c4-1-2(5,6)3(7,8)9/h1H2,9H3. The van der Waals surface area contributed by atoms with E-state index in [2.05, 4.69) is 79.6 Å². The third-order valence-corrected chi connectivity index (χ3v) is 11.1. The van der Waals surface area contributed by atoms with Gasteiger partial charge >= 0.3 is 0 Å². The molecule has 0 bridgehead atoms. The molecule has 56 valence electrons. The van der Waals surface area contributed by atoms with Crippen LogP contribution in [0.2, 0.25) is 0 Å². The lowest BCUT2D eigenvalue weighted by atomic mass is 10.6. The van der Waals surface area contributed by atoms with E-state index in [0.29, 0.717) is 0 Å². The van der Waals surface area contributed by atoms with E-state index in [0.717, 1.165) is 15.6 Å². The van der Waals surface area contributed by atoms with Crippen LogP contribution in [0, 0.1) is 0 Å². The molecule has 0 unspecified atom stereocenters. The highest BCUT2D eigenvalue weighted by Gasteiger charge is 2.39. The van der Waals surface area contributed by atoms with Gasteiger partial charge in [-0.25, -0.2) is 0 Å². The lowest BCUT2D eigenvalue weighted by molar-refractivity contribution is 1.04. The SMILES string of the molecule is [SiH3]C(Br)(Br)C(Br)(Br)CBr. The maximum absolute atomic E-state index is 3.51. The molecule has 0 aliphatic heterocycles. The second-order valence-corrected chi connectivity index (χ2v) is 14.7. The van der Waals surface area contributed by atoms with Gasteiger partial charge in [-0.15, -0.1) is 0 Å². The molecule has 0 aromatic heterocycles. The van der Waals surface area contributed by atoms with Crippen LogP contribution in [0.4, 0.5) is 0 Å². The Kier molecular flexibility index (Phi) is 5.20. The van der Waals surface area contributed by atoms with E-state index in [1.165, 1.54) is 0 Å². The molecule has 0 heterocycles. The molecule has 9 heavy (non-hydrogen) atoms. The predicted molar refractivity (Wildman–Crippen MR) is 64.9 cm³/mol. The molecule has 0 atom stereocenters. The lowest BCUT2D eigenvalue weighted by Gasteiger charge is -2.29. The Morgan fingerprint density at radius 3 is 1.44 bits per heavy atom. The van der Waals surface area contributed by atoms with Gasteiger partial charge in [-0.1, -0.05) is 79.6 Å². The first-order valence-corrected chi connectivity index (χ1v) is 7.42. The van der Waals surface area contributed by atoms with Crippen LogP contribution in [-0.4, -0.2) is 21.7 Å². The Hall–Kier alpha value is 2.62.